The molecule has 0 bridgehead atoms. The minimum atomic E-state index is -1.43. The second kappa shape index (κ2) is 9.52. The van der Waals surface area contributed by atoms with E-state index in [-0.39, 0.29) is 0 Å². The van der Waals surface area contributed by atoms with E-state index in [0.29, 0.717) is 0 Å². The Labute approximate surface area is 207 Å². The van der Waals surface area contributed by atoms with Gasteiger partial charge in [0.1, 0.15) is 28.7 Å². The van der Waals surface area contributed by atoms with Gasteiger partial charge in [0.25, 0.3) is 0 Å². The van der Waals surface area contributed by atoms with Gasteiger partial charge in [-0.1, -0.05) is 36.4 Å². The lowest BCUT2D eigenvalue weighted by Gasteiger charge is -2.28. The molecule has 0 spiro atoms. The third-order valence-corrected chi connectivity index (χ3v) is 7.59. The third kappa shape index (κ3) is 4.17. The zero-order valence-corrected chi connectivity index (χ0v) is 21.3. The summed E-state index contributed by atoms with van der Waals surface area (Å²) in [5.41, 5.74) is 5.81. The van der Waals surface area contributed by atoms with E-state index < -0.39 is 8.38 Å². The van der Waals surface area contributed by atoms with Crippen LogP contribution < -0.4 is 28.6 Å². The Balaban J connectivity index is 1.67. The Morgan fingerprint density at radius 2 is 1.17 bits per heavy atom. The van der Waals surface area contributed by atoms with Crippen LogP contribution in [-0.2, 0) is 0 Å². The molecule has 1 atom stereocenters. The van der Waals surface area contributed by atoms with Gasteiger partial charge >= 0.3 is 8.38 Å². The van der Waals surface area contributed by atoms with E-state index in [9.17, 15) is 0 Å². The minimum Gasteiger partial charge on any atom is -0.497 e. The third-order valence-electron chi connectivity index (χ3n) is 6.10. The van der Waals surface area contributed by atoms with Crippen LogP contribution in [0.25, 0.3) is 22.3 Å². The molecule has 0 amide bonds. The zero-order chi connectivity index (χ0) is 24.5. The van der Waals surface area contributed by atoms with Crippen molar-refractivity contribution in [2.24, 2.45) is 0 Å². The predicted molar refractivity (Wildman–Crippen MR) is 141 cm³/mol. The van der Waals surface area contributed by atoms with Crippen LogP contribution in [0.1, 0.15) is 11.1 Å². The molecule has 178 valence electrons. The smallest absolute Gasteiger partial charge is 0.326 e. The SMILES string of the molecule is COc1cc(C)c(OC)c(-c2cc(OC)cc(C)c2OP2Oc3ccccc3-c3ccccc32)c1. The quantitative estimate of drug-likeness (QED) is 0.273. The van der Waals surface area contributed by atoms with Crippen LogP contribution in [0.3, 0.4) is 0 Å². The fourth-order valence-electron chi connectivity index (χ4n) is 4.43. The first-order chi connectivity index (χ1) is 17.0. The molecule has 0 aliphatic carbocycles. The van der Waals surface area contributed by atoms with E-state index in [0.717, 1.165) is 67.4 Å². The zero-order valence-electron chi connectivity index (χ0n) is 20.4. The maximum absolute atomic E-state index is 6.76. The topological polar surface area (TPSA) is 46.2 Å². The Morgan fingerprint density at radius 1 is 0.600 bits per heavy atom. The first-order valence-electron chi connectivity index (χ1n) is 11.3. The maximum atomic E-state index is 6.76. The van der Waals surface area contributed by atoms with Crippen molar-refractivity contribution in [1.82, 2.24) is 0 Å². The Kier molecular flexibility index (Phi) is 6.27. The normalized spacial score (nSPS) is 13.8. The number of hydrogen-bond donors (Lipinski definition) is 0. The molecule has 0 saturated carbocycles. The molecule has 0 fully saturated rings. The van der Waals surface area contributed by atoms with E-state index in [1.165, 1.54) is 0 Å². The van der Waals surface area contributed by atoms with Crippen molar-refractivity contribution in [2.45, 2.75) is 13.8 Å². The van der Waals surface area contributed by atoms with Gasteiger partial charge < -0.3 is 23.3 Å². The van der Waals surface area contributed by atoms with Gasteiger partial charge in [-0.15, -0.1) is 0 Å². The predicted octanol–water partition coefficient (Wildman–Crippen LogP) is 7.07. The first kappa shape index (κ1) is 23.1. The Hall–Kier alpha value is -3.69. The van der Waals surface area contributed by atoms with Gasteiger partial charge in [0.05, 0.1) is 26.6 Å². The largest absolute Gasteiger partial charge is 0.497 e. The van der Waals surface area contributed by atoms with E-state index >= 15 is 0 Å². The number of aryl methyl sites for hydroxylation is 2. The molecule has 0 aromatic heterocycles. The van der Waals surface area contributed by atoms with E-state index in [4.69, 9.17) is 23.3 Å². The summed E-state index contributed by atoms with van der Waals surface area (Å²) < 4.78 is 30.2. The van der Waals surface area contributed by atoms with Crippen LogP contribution in [0, 0.1) is 13.8 Å². The molecule has 4 aromatic carbocycles. The van der Waals surface area contributed by atoms with E-state index in [1.54, 1.807) is 21.3 Å². The highest BCUT2D eigenvalue weighted by Crippen LogP contribution is 2.53. The Morgan fingerprint density at radius 3 is 1.83 bits per heavy atom. The average Bonchev–Trinajstić information content (AvgIpc) is 2.89. The molecule has 6 heteroatoms. The summed E-state index contributed by atoms with van der Waals surface area (Å²) in [5.74, 6) is 3.77. The van der Waals surface area contributed by atoms with E-state index in [2.05, 4.69) is 18.2 Å². The van der Waals surface area contributed by atoms with Crippen molar-refractivity contribution in [3.63, 3.8) is 0 Å². The fourth-order valence-corrected chi connectivity index (χ4v) is 6.01. The highest BCUT2D eigenvalue weighted by atomic mass is 31.2. The fraction of sp³-hybridized carbons (Fsp3) is 0.172. The second-order valence-corrected chi connectivity index (χ2v) is 9.66. The molecule has 0 saturated heterocycles. The second-order valence-electron chi connectivity index (χ2n) is 8.30. The van der Waals surface area contributed by atoms with Crippen LogP contribution in [0.5, 0.6) is 28.7 Å². The van der Waals surface area contributed by atoms with Crippen LogP contribution in [0.4, 0.5) is 0 Å². The van der Waals surface area contributed by atoms with Crippen molar-refractivity contribution in [1.29, 1.82) is 0 Å². The van der Waals surface area contributed by atoms with Gasteiger partial charge in [-0.25, -0.2) is 0 Å². The van der Waals surface area contributed by atoms with Crippen molar-refractivity contribution in [2.75, 3.05) is 21.3 Å². The van der Waals surface area contributed by atoms with Crippen molar-refractivity contribution in [3.8, 4) is 51.0 Å². The summed E-state index contributed by atoms with van der Waals surface area (Å²) in [6.45, 7) is 4.01. The molecule has 5 rings (SSSR count). The molecule has 35 heavy (non-hydrogen) atoms. The standard InChI is InChI=1S/C29H27O5P/c1-18-14-20(30-3)16-24(28(18)32-5)25-17-21(31-4)15-19(2)29(25)34-35-27-13-9-7-11-23(27)22-10-6-8-12-26(22)33-35/h6-17H,1-5H3. The molecule has 0 N–H and O–H groups in total. The number of rotatable bonds is 6. The molecular weight excluding hydrogens is 459 g/mol. The summed E-state index contributed by atoms with van der Waals surface area (Å²) in [6.07, 6.45) is 0. The first-order valence-corrected chi connectivity index (χ1v) is 12.5. The van der Waals surface area contributed by atoms with Crippen molar-refractivity contribution in [3.05, 3.63) is 83.9 Å². The van der Waals surface area contributed by atoms with Crippen LogP contribution in [0.2, 0.25) is 0 Å². The summed E-state index contributed by atoms with van der Waals surface area (Å²) in [7, 11) is 3.56. The summed E-state index contributed by atoms with van der Waals surface area (Å²) in [5, 5.41) is 1.04. The molecular formula is C29H27O5P. The summed E-state index contributed by atoms with van der Waals surface area (Å²) in [6, 6.07) is 24.2. The lowest BCUT2D eigenvalue weighted by atomic mass is 9.98. The molecule has 1 aliphatic heterocycles. The van der Waals surface area contributed by atoms with Crippen LogP contribution in [0.15, 0.2) is 72.8 Å². The number of benzene rings is 4. The van der Waals surface area contributed by atoms with Gasteiger partial charge in [-0.2, -0.15) is 0 Å². The number of ether oxygens (including phenoxy) is 3. The summed E-state index contributed by atoms with van der Waals surface area (Å²) in [4.78, 5) is 0. The minimum absolute atomic E-state index is 0.719. The summed E-state index contributed by atoms with van der Waals surface area (Å²) >= 11 is 0. The highest BCUT2D eigenvalue weighted by molar-refractivity contribution is 7.57. The molecule has 1 unspecified atom stereocenters. The Bertz CT molecular complexity index is 1400. The van der Waals surface area contributed by atoms with Crippen molar-refractivity contribution >= 4 is 13.7 Å². The van der Waals surface area contributed by atoms with Gasteiger partial charge in [0.2, 0.25) is 0 Å². The number of para-hydroxylation sites is 1. The van der Waals surface area contributed by atoms with Crippen molar-refractivity contribution < 1.29 is 23.3 Å². The number of methoxy groups -OCH3 is 3. The van der Waals surface area contributed by atoms with Crippen LogP contribution in [-0.4, -0.2) is 21.3 Å². The molecule has 0 radical (unpaired) electrons. The van der Waals surface area contributed by atoms with Gasteiger partial charge in [0, 0.05) is 16.7 Å². The van der Waals surface area contributed by atoms with Gasteiger partial charge in [-0.05, 0) is 66.9 Å². The molecule has 1 heterocycles. The van der Waals surface area contributed by atoms with Crippen LogP contribution >= 0.6 is 8.38 Å². The number of fused-ring (bicyclic) bond motifs is 3. The lowest BCUT2D eigenvalue weighted by molar-refractivity contribution is 0.401. The average molecular weight is 487 g/mol. The van der Waals surface area contributed by atoms with Gasteiger partial charge in [-0.3, -0.25) is 0 Å². The monoisotopic (exact) mass is 486 g/mol. The lowest BCUT2D eigenvalue weighted by Crippen LogP contribution is -2.17. The molecule has 4 aromatic rings. The molecule has 5 nitrogen and oxygen atoms in total. The molecule has 1 aliphatic rings. The number of hydrogen-bond acceptors (Lipinski definition) is 5. The maximum Gasteiger partial charge on any atom is 0.326 e. The highest BCUT2D eigenvalue weighted by Gasteiger charge is 2.31. The van der Waals surface area contributed by atoms with Gasteiger partial charge in [0.15, 0.2) is 0 Å². The van der Waals surface area contributed by atoms with E-state index in [1.807, 2.05) is 68.4 Å².